The first-order chi connectivity index (χ1) is 11.3. The summed E-state index contributed by atoms with van der Waals surface area (Å²) in [5.74, 6) is 1.28. The molecule has 0 aromatic carbocycles. The first-order valence-corrected chi connectivity index (χ1v) is 8.48. The van der Waals surface area contributed by atoms with Crippen LogP contribution < -0.4 is 16.0 Å². The molecule has 0 bridgehead atoms. The van der Waals surface area contributed by atoms with Gasteiger partial charge in [0.15, 0.2) is 0 Å². The molecule has 3 heterocycles. The van der Waals surface area contributed by atoms with Gasteiger partial charge in [0.05, 0.1) is 17.6 Å². The van der Waals surface area contributed by atoms with Crippen molar-refractivity contribution in [1.82, 2.24) is 15.3 Å². The van der Waals surface area contributed by atoms with Crippen molar-refractivity contribution in [3.05, 3.63) is 36.2 Å². The second kappa shape index (κ2) is 6.16. The molecule has 4 rings (SSSR count). The molecule has 3 N–H and O–H groups in total. The molecule has 1 saturated heterocycles. The lowest BCUT2D eigenvalue weighted by atomic mass is 10.1. The predicted molar refractivity (Wildman–Crippen MR) is 93.6 cm³/mol. The summed E-state index contributed by atoms with van der Waals surface area (Å²) in [5, 5.41) is 3.44. The zero-order valence-electron chi connectivity index (χ0n) is 13.3. The third kappa shape index (κ3) is 3.29. The number of nitrogens with zero attached hydrogens (tertiary/aromatic N) is 3. The average Bonchev–Trinajstić information content (AvgIpc) is 3.41. The van der Waals surface area contributed by atoms with Crippen LogP contribution in [0.3, 0.4) is 0 Å². The molecule has 1 aliphatic heterocycles. The van der Waals surface area contributed by atoms with Crippen molar-refractivity contribution in [2.45, 2.75) is 25.2 Å². The molecule has 0 unspecified atom stereocenters. The third-order valence-corrected chi connectivity index (χ3v) is 4.64. The molecule has 5 heteroatoms. The lowest BCUT2D eigenvalue weighted by Crippen LogP contribution is -2.27. The van der Waals surface area contributed by atoms with Gasteiger partial charge in [0.1, 0.15) is 5.82 Å². The molecule has 0 amide bonds. The highest BCUT2D eigenvalue weighted by Gasteiger charge is 2.24. The predicted octanol–water partition coefficient (Wildman–Crippen LogP) is 2.40. The molecule has 0 atom stereocenters. The Labute approximate surface area is 136 Å². The second-order valence-electron chi connectivity index (χ2n) is 6.51. The van der Waals surface area contributed by atoms with E-state index in [2.05, 4.69) is 32.3 Å². The normalized spacial score (nSPS) is 18.7. The second-order valence-corrected chi connectivity index (χ2v) is 6.51. The van der Waals surface area contributed by atoms with Crippen LogP contribution in [0.2, 0.25) is 0 Å². The topological polar surface area (TPSA) is 67.1 Å². The fourth-order valence-electron chi connectivity index (χ4n) is 3.22. The minimum Gasteiger partial charge on any atom is -0.384 e. The number of nitrogens with one attached hydrogen (secondary N) is 1. The Morgan fingerprint density at radius 1 is 1.09 bits per heavy atom. The van der Waals surface area contributed by atoms with Crippen LogP contribution in [0, 0.1) is 0 Å². The summed E-state index contributed by atoms with van der Waals surface area (Å²) in [6.07, 6.45) is 7.53. The number of rotatable bonds is 3. The van der Waals surface area contributed by atoms with E-state index in [1.807, 2.05) is 18.5 Å². The highest BCUT2D eigenvalue weighted by Crippen LogP contribution is 2.41. The van der Waals surface area contributed by atoms with Gasteiger partial charge in [0.2, 0.25) is 0 Å². The lowest BCUT2D eigenvalue weighted by Gasteiger charge is -2.22. The Morgan fingerprint density at radius 3 is 2.87 bits per heavy atom. The van der Waals surface area contributed by atoms with Crippen molar-refractivity contribution < 1.29 is 0 Å². The molecule has 2 fully saturated rings. The average molecular weight is 309 g/mol. The maximum Gasteiger partial charge on any atom is 0.124 e. The van der Waals surface area contributed by atoms with Crippen molar-refractivity contribution in [3.63, 3.8) is 0 Å². The SMILES string of the molecule is Nc1cc(C2CC2)cc(-c2cncc(N3CCCNCC3)c2)n1. The Kier molecular flexibility index (Phi) is 3.87. The van der Waals surface area contributed by atoms with Gasteiger partial charge in [-0.2, -0.15) is 0 Å². The standard InChI is InChI=1S/C18H23N5/c19-18-10-14(13-2-3-13)9-17(22-18)15-8-16(12-21-11-15)23-6-1-4-20-5-7-23/h8-13,20H,1-7H2,(H2,19,22). The van der Waals surface area contributed by atoms with Crippen LogP contribution in [-0.2, 0) is 0 Å². The highest BCUT2D eigenvalue weighted by molar-refractivity contribution is 5.66. The van der Waals surface area contributed by atoms with Gasteiger partial charge in [-0.3, -0.25) is 4.98 Å². The van der Waals surface area contributed by atoms with E-state index in [-0.39, 0.29) is 0 Å². The van der Waals surface area contributed by atoms with Crippen LogP contribution in [0.25, 0.3) is 11.3 Å². The number of pyridine rings is 2. The van der Waals surface area contributed by atoms with Gasteiger partial charge in [0.25, 0.3) is 0 Å². The molecule has 1 saturated carbocycles. The number of nitrogen functional groups attached to an aromatic ring is 1. The summed E-state index contributed by atoms with van der Waals surface area (Å²) in [7, 11) is 0. The zero-order valence-corrected chi connectivity index (χ0v) is 13.3. The van der Waals surface area contributed by atoms with Gasteiger partial charge in [-0.15, -0.1) is 0 Å². The summed E-state index contributed by atoms with van der Waals surface area (Å²) in [4.78, 5) is 11.4. The number of anilines is 2. The molecule has 5 nitrogen and oxygen atoms in total. The van der Waals surface area contributed by atoms with E-state index in [1.165, 1.54) is 24.1 Å². The fraction of sp³-hybridized carbons (Fsp3) is 0.444. The van der Waals surface area contributed by atoms with Crippen LogP contribution >= 0.6 is 0 Å². The number of aromatic nitrogens is 2. The minimum absolute atomic E-state index is 0.605. The van der Waals surface area contributed by atoms with E-state index >= 15 is 0 Å². The quantitative estimate of drug-likeness (QED) is 0.911. The Morgan fingerprint density at radius 2 is 2.00 bits per heavy atom. The Hall–Kier alpha value is -2.14. The summed E-state index contributed by atoms with van der Waals surface area (Å²) >= 11 is 0. The molecular weight excluding hydrogens is 286 g/mol. The fourth-order valence-corrected chi connectivity index (χ4v) is 3.22. The largest absolute Gasteiger partial charge is 0.384 e. The van der Waals surface area contributed by atoms with Crippen LogP contribution in [-0.4, -0.2) is 36.1 Å². The first-order valence-electron chi connectivity index (χ1n) is 8.48. The highest BCUT2D eigenvalue weighted by atomic mass is 15.2. The molecule has 2 aliphatic rings. The van der Waals surface area contributed by atoms with Crippen molar-refractivity contribution >= 4 is 11.5 Å². The van der Waals surface area contributed by atoms with Crippen LogP contribution in [0.5, 0.6) is 0 Å². The summed E-state index contributed by atoms with van der Waals surface area (Å²) in [6.45, 7) is 4.19. The van der Waals surface area contributed by atoms with E-state index in [0.717, 1.165) is 43.9 Å². The smallest absolute Gasteiger partial charge is 0.124 e. The number of hydrogen-bond acceptors (Lipinski definition) is 5. The molecule has 120 valence electrons. The molecular formula is C18H23N5. The maximum absolute atomic E-state index is 6.01. The summed E-state index contributed by atoms with van der Waals surface area (Å²) in [6, 6.07) is 6.38. The number of hydrogen-bond donors (Lipinski definition) is 2. The van der Waals surface area contributed by atoms with E-state index < -0.39 is 0 Å². The van der Waals surface area contributed by atoms with Crippen molar-refractivity contribution in [1.29, 1.82) is 0 Å². The van der Waals surface area contributed by atoms with Crippen LogP contribution in [0.1, 0.15) is 30.7 Å². The molecule has 1 aliphatic carbocycles. The van der Waals surface area contributed by atoms with Gasteiger partial charge in [-0.25, -0.2) is 4.98 Å². The van der Waals surface area contributed by atoms with E-state index in [0.29, 0.717) is 11.7 Å². The number of nitrogens with two attached hydrogens (primary N) is 1. The van der Waals surface area contributed by atoms with Crippen molar-refractivity contribution in [2.24, 2.45) is 0 Å². The summed E-state index contributed by atoms with van der Waals surface area (Å²) in [5.41, 5.74) is 10.5. The van der Waals surface area contributed by atoms with E-state index in [4.69, 9.17) is 5.73 Å². The first kappa shape index (κ1) is 14.5. The Bertz CT molecular complexity index is 688. The van der Waals surface area contributed by atoms with Gasteiger partial charge in [0, 0.05) is 31.4 Å². The van der Waals surface area contributed by atoms with E-state index in [1.54, 1.807) is 0 Å². The van der Waals surface area contributed by atoms with Crippen molar-refractivity contribution in [3.8, 4) is 11.3 Å². The monoisotopic (exact) mass is 309 g/mol. The van der Waals surface area contributed by atoms with Crippen molar-refractivity contribution in [2.75, 3.05) is 36.8 Å². The molecule has 0 spiro atoms. The third-order valence-electron chi connectivity index (χ3n) is 4.64. The molecule has 23 heavy (non-hydrogen) atoms. The van der Waals surface area contributed by atoms with Crippen LogP contribution in [0.4, 0.5) is 11.5 Å². The van der Waals surface area contributed by atoms with Gasteiger partial charge in [-0.05, 0) is 55.5 Å². The lowest BCUT2D eigenvalue weighted by molar-refractivity contribution is 0.724. The van der Waals surface area contributed by atoms with Gasteiger partial charge < -0.3 is 16.0 Å². The molecule has 2 aromatic heterocycles. The minimum atomic E-state index is 0.605. The zero-order chi connectivity index (χ0) is 15.6. The maximum atomic E-state index is 6.01. The van der Waals surface area contributed by atoms with E-state index in [9.17, 15) is 0 Å². The van der Waals surface area contributed by atoms with Crippen LogP contribution in [0.15, 0.2) is 30.6 Å². The van der Waals surface area contributed by atoms with Gasteiger partial charge in [-0.1, -0.05) is 0 Å². The molecule has 2 aromatic rings. The van der Waals surface area contributed by atoms with Gasteiger partial charge >= 0.3 is 0 Å². The Balaban J connectivity index is 1.65. The summed E-state index contributed by atoms with van der Waals surface area (Å²) < 4.78 is 0. The molecule has 0 radical (unpaired) electrons.